The van der Waals surface area contributed by atoms with E-state index in [0.717, 1.165) is 12.1 Å². The molecule has 1 heterocycles. The topological polar surface area (TPSA) is 49.8 Å². The first-order chi connectivity index (χ1) is 9.80. The summed E-state index contributed by atoms with van der Waals surface area (Å²) in [5.74, 6) is -1.67. The van der Waals surface area contributed by atoms with E-state index in [1.165, 1.54) is 6.07 Å². The van der Waals surface area contributed by atoms with Crippen molar-refractivity contribution < 1.29 is 23.4 Å². The number of nitrogens with zero attached hydrogens (tertiary/aromatic N) is 1. The van der Waals surface area contributed by atoms with Crippen molar-refractivity contribution in [2.24, 2.45) is 0 Å². The van der Waals surface area contributed by atoms with Crippen LogP contribution in [0.4, 0.5) is 8.78 Å². The van der Waals surface area contributed by atoms with E-state index in [1.807, 2.05) is 13.8 Å². The predicted molar refractivity (Wildman–Crippen MR) is 72.7 cm³/mol. The van der Waals surface area contributed by atoms with Gasteiger partial charge in [-0.1, -0.05) is 6.07 Å². The minimum atomic E-state index is -0.727. The standard InChI is InChI=1S/C15H19F2NO3/c1-15(2)9-18(7-12(8-19)21-15)14(20)5-10-3-4-11(16)6-13(10)17/h3-4,6,12,19H,5,7-9H2,1-2H3. The fourth-order valence-electron chi connectivity index (χ4n) is 2.52. The van der Waals surface area contributed by atoms with E-state index in [4.69, 9.17) is 4.74 Å². The van der Waals surface area contributed by atoms with Crippen LogP contribution in [-0.4, -0.2) is 47.3 Å². The van der Waals surface area contributed by atoms with E-state index < -0.39 is 23.3 Å². The molecular formula is C15H19F2NO3. The molecule has 0 spiro atoms. The molecule has 4 nitrogen and oxygen atoms in total. The summed E-state index contributed by atoms with van der Waals surface area (Å²) in [6, 6.07) is 3.17. The second kappa shape index (κ2) is 6.07. The van der Waals surface area contributed by atoms with Gasteiger partial charge in [-0.2, -0.15) is 0 Å². The van der Waals surface area contributed by atoms with Gasteiger partial charge in [-0.05, 0) is 25.5 Å². The van der Waals surface area contributed by atoms with E-state index in [-0.39, 0.29) is 31.0 Å². The SMILES string of the molecule is CC1(C)CN(C(=O)Cc2ccc(F)cc2F)CC(CO)O1. The highest BCUT2D eigenvalue weighted by Gasteiger charge is 2.35. The molecule has 0 aromatic heterocycles. The van der Waals surface area contributed by atoms with Crippen molar-refractivity contribution >= 4 is 5.91 Å². The van der Waals surface area contributed by atoms with Gasteiger partial charge in [0.05, 0.1) is 24.7 Å². The molecule has 1 unspecified atom stereocenters. The van der Waals surface area contributed by atoms with Crippen LogP contribution in [0.25, 0.3) is 0 Å². The van der Waals surface area contributed by atoms with Crippen molar-refractivity contribution in [3.63, 3.8) is 0 Å². The lowest BCUT2D eigenvalue weighted by molar-refractivity contribution is -0.166. The van der Waals surface area contributed by atoms with Gasteiger partial charge in [0, 0.05) is 19.2 Å². The number of hydrogen-bond donors (Lipinski definition) is 1. The number of amides is 1. The zero-order valence-electron chi connectivity index (χ0n) is 12.1. The summed E-state index contributed by atoms with van der Waals surface area (Å²) in [5, 5.41) is 9.22. The molecule has 0 radical (unpaired) electrons. The Bertz CT molecular complexity index is 534. The third-order valence-corrected chi connectivity index (χ3v) is 3.39. The van der Waals surface area contributed by atoms with E-state index in [9.17, 15) is 18.7 Å². The fraction of sp³-hybridized carbons (Fsp3) is 0.533. The molecular weight excluding hydrogens is 280 g/mol. The number of carbonyl (C=O) groups is 1. The molecule has 0 bridgehead atoms. The van der Waals surface area contributed by atoms with Gasteiger partial charge in [0.2, 0.25) is 5.91 Å². The zero-order chi connectivity index (χ0) is 15.6. The summed E-state index contributed by atoms with van der Waals surface area (Å²) in [7, 11) is 0. The van der Waals surface area contributed by atoms with Crippen LogP contribution in [0.3, 0.4) is 0 Å². The van der Waals surface area contributed by atoms with Gasteiger partial charge in [-0.3, -0.25) is 4.79 Å². The van der Waals surface area contributed by atoms with Crippen molar-refractivity contribution in [3.8, 4) is 0 Å². The lowest BCUT2D eigenvalue weighted by Gasteiger charge is -2.42. The maximum Gasteiger partial charge on any atom is 0.227 e. The highest BCUT2D eigenvalue weighted by atomic mass is 19.1. The van der Waals surface area contributed by atoms with Crippen LogP contribution >= 0.6 is 0 Å². The highest BCUT2D eigenvalue weighted by molar-refractivity contribution is 5.79. The summed E-state index contributed by atoms with van der Waals surface area (Å²) in [5.41, 5.74) is -0.408. The summed E-state index contributed by atoms with van der Waals surface area (Å²) >= 11 is 0. The van der Waals surface area contributed by atoms with Crippen molar-refractivity contribution in [3.05, 3.63) is 35.4 Å². The molecule has 6 heteroatoms. The molecule has 0 saturated carbocycles. The molecule has 1 amide bonds. The molecule has 1 saturated heterocycles. The maximum atomic E-state index is 13.6. The summed E-state index contributed by atoms with van der Waals surface area (Å²) in [4.78, 5) is 13.8. The molecule has 1 atom stereocenters. The average Bonchev–Trinajstić information content (AvgIpc) is 2.40. The molecule has 2 rings (SSSR count). The lowest BCUT2D eigenvalue weighted by atomic mass is 10.0. The van der Waals surface area contributed by atoms with Gasteiger partial charge in [0.15, 0.2) is 0 Å². The largest absolute Gasteiger partial charge is 0.394 e. The molecule has 1 N–H and O–H groups in total. The predicted octanol–water partition coefficient (Wildman–Crippen LogP) is 1.51. The van der Waals surface area contributed by atoms with Crippen LogP contribution in [-0.2, 0) is 16.0 Å². The molecule has 1 fully saturated rings. The zero-order valence-corrected chi connectivity index (χ0v) is 12.1. The van der Waals surface area contributed by atoms with Crippen LogP contribution in [0, 0.1) is 11.6 Å². The number of aliphatic hydroxyl groups excluding tert-OH is 1. The Morgan fingerprint density at radius 3 is 2.81 bits per heavy atom. The molecule has 21 heavy (non-hydrogen) atoms. The second-order valence-electron chi connectivity index (χ2n) is 5.87. The Labute approximate surface area is 122 Å². The van der Waals surface area contributed by atoms with E-state index >= 15 is 0 Å². The molecule has 1 aliphatic heterocycles. The van der Waals surface area contributed by atoms with Crippen LogP contribution in [0.1, 0.15) is 19.4 Å². The van der Waals surface area contributed by atoms with Gasteiger partial charge in [-0.25, -0.2) is 8.78 Å². The Hall–Kier alpha value is -1.53. The number of carbonyl (C=O) groups excluding carboxylic acids is 1. The van der Waals surface area contributed by atoms with Crippen LogP contribution < -0.4 is 0 Å². The van der Waals surface area contributed by atoms with E-state index in [2.05, 4.69) is 0 Å². The molecule has 1 aromatic rings. The first-order valence-electron chi connectivity index (χ1n) is 6.81. The van der Waals surface area contributed by atoms with Crippen molar-refractivity contribution in [2.45, 2.75) is 32.0 Å². The van der Waals surface area contributed by atoms with Gasteiger partial charge >= 0.3 is 0 Å². The van der Waals surface area contributed by atoms with Gasteiger partial charge in [0.25, 0.3) is 0 Å². The summed E-state index contributed by atoms with van der Waals surface area (Å²) in [6.45, 7) is 4.10. The maximum absolute atomic E-state index is 13.6. The Kier molecular flexibility index (Phi) is 4.58. The molecule has 1 aromatic carbocycles. The Morgan fingerprint density at radius 2 is 2.19 bits per heavy atom. The highest BCUT2D eigenvalue weighted by Crippen LogP contribution is 2.22. The minimum Gasteiger partial charge on any atom is -0.394 e. The van der Waals surface area contributed by atoms with Gasteiger partial charge in [0.1, 0.15) is 11.6 Å². The Morgan fingerprint density at radius 1 is 1.48 bits per heavy atom. The third kappa shape index (κ3) is 3.98. The normalized spacial score (nSPS) is 21.4. The van der Waals surface area contributed by atoms with Crippen LogP contribution in [0.5, 0.6) is 0 Å². The average molecular weight is 299 g/mol. The number of hydrogen-bond acceptors (Lipinski definition) is 3. The number of aliphatic hydroxyl groups is 1. The number of ether oxygens (including phenoxy) is 1. The van der Waals surface area contributed by atoms with E-state index in [0.29, 0.717) is 6.54 Å². The molecule has 116 valence electrons. The smallest absolute Gasteiger partial charge is 0.227 e. The first-order valence-corrected chi connectivity index (χ1v) is 6.81. The van der Waals surface area contributed by atoms with Crippen molar-refractivity contribution in [1.82, 2.24) is 4.90 Å². The van der Waals surface area contributed by atoms with Crippen molar-refractivity contribution in [2.75, 3.05) is 19.7 Å². The molecule has 0 aliphatic carbocycles. The fourth-order valence-corrected chi connectivity index (χ4v) is 2.52. The van der Waals surface area contributed by atoms with Gasteiger partial charge < -0.3 is 14.7 Å². The monoisotopic (exact) mass is 299 g/mol. The second-order valence-corrected chi connectivity index (χ2v) is 5.87. The van der Waals surface area contributed by atoms with Gasteiger partial charge in [-0.15, -0.1) is 0 Å². The van der Waals surface area contributed by atoms with Crippen LogP contribution in [0.15, 0.2) is 18.2 Å². The summed E-state index contributed by atoms with van der Waals surface area (Å²) < 4.78 is 32.1. The molecule has 1 aliphatic rings. The van der Waals surface area contributed by atoms with E-state index in [1.54, 1.807) is 4.90 Å². The first kappa shape index (κ1) is 15.9. The van der Waals surface area contributed by atoms with Crippen molar-refractivity contribution in [1.29, 1.82) is 0 Å². The van der Waals surface area contributed by atoms with Crippen LogP contribution in [0.2, 0.25) is 0 Å². The Balaban J connectivity index is 2.08. The number of benzene rings is 1. The lowest BCUT2D eigenvalue weighted by Crippen LogP contribution is -2.55. The minimum absolute atomic E-state index is 0.139. The number of morpholine rings is 1. The number of rotatable bonds is 3. The summed E-state index contributed by atoms with van der Waals surface area (Å²) in [6.07, 6.45) is -0.587. The quantitative estimate of drug-likeness (QED) is 0.920. The third-order valence-electron chi connectivity index (χ3n) is 3.39. The number of halogens is 2.